The maximum atomic E-state index is 12.4. The Morgan fingerprint density at radius 2 is 1.66 bits per heavy atom. The highest BCUT2D eigenvalue weighted by Gasteiger charge is 2.19. The van der Waals surface area contributed by atoms with Gasteiger partial charge in [0.1, 0.15) is 0 Å². The molecule has 0 aliphatic heterocycles. The van der Waals surface area contributed by atoms with Gasteiger partial charge in [-0.2, -0.15) is 0 Å². The number of nitrogens with one attached hydrogen (secondary N) is 2. The van der Waals surface area contributed by atoms with Crippen LogP contribution >= 0.6 is 58.2 Å². The van der Waals surface area contributed by atoms with Crippen molar-refractivity contribution in [3.63, 3.8) is 0 Å². The van der Waals surface area contributed by atoms with Crippen molar-refractivity contribution in [1.82, 2.24) is 20.1 Å². The summed E-state index contributed by atoms with van der Waals surface area (Å²) in [6.07, 6.45) is 0. The average Bonchev–Trinajstić information content (AvgIpc) is 3.10. The molecule has 12 heteroatoms. The van der Waals surface area contributed by atoms with Crippen molar-refractivity contribution in [2.75, 3.05) is 11.1 Å². The lowest BCUT2D eigenvalue weighted by Gasteiger charge is -2.14. The highest BCUT2D eigenvalue weighted by atomic mass is 35.5. The predicted octanol–water partition coefficient (Wildman–Crippen LogP) is 5.65. The van der Waals surface area contributed by atoms with E-state index >= 15 is 0 Å². The van der Waals surface area contributed by atoms with Gasteiger partial charge in [-0.1, -0.05) is 58.2 Å². The molecule has 1 atom stereocenters. The summed E-state index contributed by atoms with van der Waals surface area (Å²) >= 11 is 25.1. The van der Waals surface area contributed by atoms with E-state index in [1.54, 1.807) is 42.8 Å². The standard InChI is InChI=1S/C20H17Cl4N5O2S/c1-10(25-19(31)11-3-5-12(21)6-4-11)18-27-28-20(29(18)2)32-9-16(30)26-17-14(23)7-13(22)8-15(17)24/h3-8,10H,9H2,1-2H3,(H,25,31)(H,26,30)/t10-/m0/s1. The number of benzene rings is 2. The predicted molar refractivity (Wildman–Crippen MR) is 129 cm³/mol. The van der Waals surface area contributed by atoms with Crippen LogP contribution in [0.15, 0.2) is 41.6 Å². The van der Waals surface area contributed by atoms with E-state index in [2.05, 4.69) is 20.8 Å². The molecule has 0 radical (unpaired) electrons. The normalized spacial score (nSPS) is 11.8. The Balaban J connectivity index is 1.60. The van der Waals surface area contributed by atoms with Crippen molar-refractivity contribution in [1.29, 1.82) is 0 Å². The van der Waals surface area contributed by atoms with Gasteiger partial charge in [-0.15, -0.1) is 10.2 Å². The van der Waals surface area contributed by atoms with Gasteiger partial charge in [0.25, 0.3) is 5.91 Å². The van der Waals surface area contributed by atoms with Crippen LogP contribution in [0.4, 0.5) is 5.69 Å². The summed E-state index contributed by atoms with van der Waals surface area (Å²) in [5, 5.41) is 15.7. The Kier molecular flexibility index (Phi) is 8.30. The van der Waals surface area contributed by atoms with Crippen molar-refractivity contribution >= 4 is 75.7 Å². The van der Waals surface area contributed by atoms with Crippen LogP contribution in [0.2, 0.25) is 20.1 Å². The molecule has 2 aromatic carbocycles. The molecule has 1 heterocycles. The second kappa shape index (κ2) is 10.8. The highest BCUT2D eigenvalue weighted by molar-refractivity contribution is 7.99. The van der Waals surface area contributed by atoms with Crippen LogP contribution in [-0.4, -0.2) is 32.3 Å². The first-order valence-corrected chi connectivity index (χ1v) is 11.7. The number of hydrogen-bond donors (Lipinski definition) is 2. The summed E-state index contributed by atoms with van der Waals surface area (Å²) in [4.78, 5) is 24.8. The monoisotopic (exact) mass is 531 g/mol. The van der Waals surface area contributed by atoms with Crippen LogP contribution < -0.4 is 10.6 Å². The van der Waals surface area contributed by atoms with Crippen LogP contribution in [0.3, 0.4) is 0 Å². The van der Waals surface area contributed by atoms with Crippen molar-refractivity contribution in [3.05, 3.63) is 67.9 Å². The quantitative estimate of drug-likeness (QED) is 0.384. The fourth-order valence-electron chi connectivity index (χ4n) is 2.74. The summed E-state index contributed by atoms with van der Waals surface area (Å²) in [7, 11) is 1.76. The topological polar surface area (TPSA) is 88.9 Å². The highest BCUT2D eigenvalue weighted by Crippen LogP contribution is 2.33. The number of nitrogens with zero attached hydrogens (tertiary/aromatic N) is 3. The zero-order valence-corrected chi connectivity index (χ0v) is 20.7. The molecule has 0 unspecified atom stereocenters. The zero-order chi connectivity index (χ0) is 23.4. The maximum absolute atomic E-state index is 12.4. The maximum Gasteiger partial charge on any atom is 0.251 e. The summed E-state index contributed by atoms with van der Waals surface area (Å²) in [6, 6.07) is 9.14. The molecule has 0 saturated heterocycles. The Bertz CT molecular complexity index is 1130. The van der Waals surface area contributed by atoms with Crippen LogP contribution in [0.5, 0.6) is 0 Å². The number of anilines is 1. The van der Waals surface area contributed by atoms with Gasteiger partial charge in [0.15, 0.2) is 11.0 Å². The van der Waals surface area contributed by atoms with Crippen molar-refractivity contribution in [2.45, 2.75) is 18.1 Å². The largest absolute Gasteiger partial charge is 0.342 e. The Labute approximate surface area is 208 Å². The second-order valence-electron chi connectivity index (χ2n) is 6.68. The first kappa shape index (κ1) is 24.7. The van der Waals surface area contributed by atoms with Crippen LogP contribution in [-0.2, 0) is 11.8 Å². The minimum atomic E-state index is -0.412. The van der Waals surface area contributed by atoms with Gasteiger partial charge in [-0.3, -0.25) is 9.59 Å². The van der Waals surface area contributed by atoms with E-state index < -0.39 is 6.04 Å². The van der Waals surface area contributed by atoms with Crippen molar-refractivity contribution < 1.29 is 9.59 Å². The molecule has 0 fully saturated rings. The molecular weight excluding hydrogens is 516 g/mol. The minimum Gasteiger partial charge on any atom is -0.342 e. The second-order valence-corrected chi connectivity index (χ2v) is 9.31. The fourth-order valence-corrected chi connectivity index (χ4v) is 4.50. The number of carbonyl (C=O) groups excluding carboxylic acids is 2. The molecule has 3 aromatic rings. The molecule has 0 spiro atoms. The summed E-state index contributed by atoms with van der Waals surface area (Å²) < 4.78 is 1.72. The molecule has 2 amide bonds. The molecule has 0 bridgehead atoms. The van der Waals surface area contributed by atoms with Gasteiger partial charge in [-0.25, -0.2) is 0 Å². The molecule has 0 aliphatic rings. The van der Waals surface area contributed by atoms with E-state index in [4.69, 9.17) is 46.4 Å². The first-order chi connectivity index (χ1) is 15.2. The Hall–Kier alpha value is -1.97. The average molecular weight is 533 g/mol. The van der Waals surface area contributed by atoms with Gasteiger partial charge in [0.2, 0.25) is 5.91 Å². The molecule has 168 valence electrons. The van der Waals surface area contributed by atoms with Gasteiger partial charge >= 0.3 is 0 Å². The van der Waals surface area contributed by atoms with E-state index in [-0.39, 0.29) is 27.6 Å². The lowest BCUT2D eigenvalue weighted by molar-refractivity contribution is -0.113. The number of rotatable bonds is 7. The zero-order valence-electron chi connectivity index (χ0n) is 16.8. The van der Waals surface area contributed by atoms with E-state index in [0.29, 0.717) is 32.3 Å². The number of thioether (sulfide) groups is 1. The minimum absolute atomic E-state index is 0.0484. The number of carbonyl (C=O) groups is 2. The summed E-state index contributed by atoms with van der Waals surface area (Å²) in [5.41, 5.74) is 0.773. The molecule has 0 aliphatic carbocycles. The third kappa shape index (κ3) is 6.08. The molecule has 2 N–H and O–H groups in total. The Morgan fingerprint density at radius 3 is 2.28 bits per heavy atom. The van der Waals surface area contributed by atoms with Gasteiger partial charge in [-0.05, 0) is 43.3 Å². The molecule has 32 heavy (non-hydrogen) atoms. The van der Waals surface area contributed by atoms with Crippen molar-refractivity contribution in [3.8, 4) is 0 Å². The first-order valence-electron chi connectivity index (χ1n) is 9.18. The summed E-state index contributed by atoms with van der Waals surface area (Å²) in [6.45, 7) is 1.80. The van der Waals surface area contributed by atoms with E-state index in [1.165, 1.54) is 23.9 Å². The number of amides is 2. The third-order valence-electron chi connectivity index (χ3n) is 4.31. The van der Waals surface area contributed by atoms with Crippen LogP contribution in [0.1, 0.15) is 29.1 Å². The third-order valence-corrected chi connectivity index (χ3v) is 6.40. The number of aromatic nitrogens is 3. The van der Waals surface area contributed by atoms with Gasteiger partial charge < -0.3 is 15.2 Å². The SMILES string of the molecule is C[C@H](NC(=O)c1ccc(Cl)cc1)c1nnc(SCC(=O)Nc2c(Cl)cc(Cl)cc2Cl)n1C. The Morgan fingerprint density at radius 1 is 1.03 bits per heavy atom. The molecule has 0 saturated carbocycles. The van der Waals surface area contributed by atoms with E-state index in [1.807, 2.05) is 0 Å². The molecule has 1 aromatic heterocycles. The van der Waals surface area contributed by atoms with Gasteiger partial charge in [0, 0.05) is 22.7 Å². The lowest BCUT2D eigenvalue weighted by Crippen LogP contribution is -2.28. The molecule has 3 rings (SSSR count). The number of halogens is 4. The van der Waals surface area contributed by atoms with Crippen LogP contribution in [0.25, 0.3) is 0 Å². The molecular formula is C20H17Cl4N5O2S. The molecule has 7 nitrogen and oxygen atoms in total. The van der Waals surface area contributed by atoms with E-state index in [9.17, 15) is 9.59 Å². The van der Waals surface area contributed by atoms with Gasteiger partial charge in [0.05, 0.1) is 27.5 Å². The van der Waals surface area contributed by atoms with E-state index in [0.717, 1.165) is 0 Å². The van der Waals surface area contributed by atoms with Crippen LogP contribution in [0, 0.1) is 0 Å². The number of hydrogen-bond acceptors (Lipinski definition) is 5. The fraction of sp³-hybridized carbons (Fsp3) is 0.200. The smallest absolute Gasteiger partial charge is 0.251 e. The lowest BCUT2D eigenvalue weighted by atomic mass is 10.2. The summed E-state index contributed by atoms with van der Waals surface area (Å²) in [5.74, 6) is 0.00324. The van der Waals surface area contributed by atoms with Crippen molar-refractivity contribution in [2.24, 2.45) is 7.05 Å².